The van der Waals surface area contributed by atoms with Crippen LogP contribution in [0.2, 0.25) is 0 Å². The Morgan fingerprint density at radius 3 is 2.48 bits per heavy atom. The van der Waals surface area contributed by atoms with E-state index in [0.29, 0.717) is 22.4 Å². The molecule has 0 fully saturated rings. The summed E-state index contributed by atoms with van der Waals surface area (Å²) in [6, 6.07) is 12.4. The number of benzene rings is 1. The average molecular weight is 439 g/mol. The second-order valence-electron chi connectivity index (χ2n) is 7.51. The van der Waals surface area contributed by atoms with E-state index in [9.17, 15) is 9.59 Å². The lowest BCUT2D eigenvalue weighted by Crippen LogP contribution is -2.33. The van der Waals surface area contributed by atoms with Crippen molar-refractivity contribution < 1.29 is 9.59 Å². The zero-order chi connectivity index (χ0) is 22.4. The van der Waals surface area contributed by atoms with Crippen LogP contribution >= 0.6 is 11.8 Å². The molecule has 2 aromatic heterocycles. The molecular formula is C22H26N6O2S. The van der Waals surface area contributed by atoms with Gasteiger partial charge in [0, 0.05) is 18.8 Å². The third-order valence-corrected chi connectivity index (χ3v) is 5.70. The van der Waals surface area contributed by atoms with E-state index in [1.807, 2.05) is 50.6 Å². The standard InChI is InChI=1S/C22H26N6O2S/c1-14(2)19(25-21(30)16-10-8-15(3)9-11-16)20-26-27-22(28(20)4)31-13-18(29)24-17-7-5-6-12-23-17/h5-12,14,19H,13H2,1-4H3,(H,25,30)(H,23,24,29)/t19-/m0/s1. The molecule has 0 radical (unpaired) electrons. The number of anilines is 1. The van der Waals surface area contributed by atoms with Crippen LogP contribution in [0.5, 0.6) is 0 Å². The maximum Gasteiger partial charge on any atom is 0.251 e. The Morgan fingerprint density at radius 1 is 1.10 bits per heavy atom. The highest BCUT2D eigenvalue weighted by Crippen LogP contribution is 2.24. The Kier molecular flexibility index (Phi) is 7.41. The lowest BCUT2D eigenvalue weighted by atomic mass is 10.0. The number of thioether (sulfide) groups is 1. The molecule has 0 saturated carbocycles. The zero-order valence-electron chi connectivity index (χ0n) is 18.0. The van der Waals surface area contributed by atoms with E-state index in [1.165, 1.54) is 11.8 Å². The molecule has 3 rings (SSSR count). The number of pyridine rings is 1. The lowest BCUT2D eigenvalue weighted by molar-refractivity contribution is -0.113. The molecule has 0 unspecified atom stereocenters. The van der Waals surface area contributed by atoms with Crippen molar-refractivity contribution >= 4 is 29.4 Å². The van der Waals surface area contributed by atoms with E-state index >= 15 is 0 Å². The number of carbonyl (C=O) groups is 2. The highest BCUT2D eigenvalue weighted by atomic mass is 32.2. The Bertz CT molecular complexity index is 1030. The van der Waals surface area contributed by atoms with Crippen LogP contribution in [0.3, 0.4) is 0 Å². The van der Waals surface area contributed by atoms with Crippen LogP contribution in [0.1, 0.15) is 41.6 Å². The number of rotatable bonds is 8. The van der Waals surface area contributed by atoms with E-state index in [4.69, 9.17) is 0 Å². The van der Waals surface area contributed by atoms with E-state index in [2.05, 4.69) is 25.8 Å². The molecule has 0 aliphatic heterocycles. The largest absolute Gasteiger partial charge is 0.342 e. The fourth-order valence-electron chi connectivity index (χ4n) is 2.93. The van der Waals surface area contributed by atoms with Crippen molar-refractivity contribution in [3.63, 3.8) is 0 Å². The fraction of sp³-hybridized carbons (Fsp3) is 0.318. The summed E-state index contributed by atoms with van der Waals surface area (Å²) < 4.78 is 1.82. The quantitative estimate of drug-likeness (QED) is 0.523. The lowest BCUT2D eigenvalue weighted by Gasteiger charge is -2.21. The Labute approximate surface area is 185 Å². The molecule has 162 valence electrons. The van der Waals surface area contributed by atoms with Gasteiger partial charge in [0.2, 0.25) is 5.91 Å². The SMILES string of the molecule is Cc1ccc(C(=O)N[C@H](c2nnc(SCC(=O)Nc3ccccn3)n2C)C(C)C)cc1. The van der Waals surface area contributed by atoms with Crippen molar-refractivity contribution in [1.82, 2.24) is 25.1 Å². The number of amides is 2. The van der Waals surface area contributed by atoms with Crippen molar-refractivity contribution in [2.45, 2.75) is 32.0 Å². The van der Waals surface area contributed by atoms with Gasteiger partial charge in [-0.3, -0.25) is 9.59 Å². The summed E-state index contributed by atoms with van der Waals surface area (Å²) >= 11 is 1.28. The molecule has 8 nitrogen and oxygen atoms in total. The second-order valence-corrected chi connectivity index (χ2v) is 8.46. The van der Waals surface area contributed by atoms with Gasteiger partial charge in [0.05, 0.1) is 11.8 Å². The molecule has 1 aromatic carbocycles. The molecular weight excluding hydrogens is 412 g/mol. The minimum absolute atomic E-state index is 0.0996. The molecule has 2 N–H and O–H groups in total. The van der Waals surface area contributed by atoms with Gasteiger partial charge in [-0.25, -0.2) is 4.98 Å². The average Bonchev–Trinajstić information content (AvgIpc) is 3.11. The minimum Gasteiger partial charge on any atom is -0.342 e. The zero-order valence-corrected chi connectivity index (χ0v) is 18.8. The fourth-order valence-corrected chi connectivity index (χ4v) is 3.65. The van der Waals surface area contributed by atoms with Crippen LogP contribution in [0, 0.1) is 12.8 Å². The minimum atomic E-state index is -0.317. The van der Waals surface area contributed by atoms with E-state index in [-0.39, 0.29) is 29.5 Å². The number of aryl methyl sites for hydroxylation is 1. The summed E-state index contributed by atoms with van der Waals surface area (Å²) in [5.74, 6) is 1.08. The van der Waals surface area contributed by atoms with Crippen LogP contribution in [0.15, 0.2) is 53.8 Å². The highest BCUT2D eigenvalue weighted by Gasteiger charge is 2.25. The monoisotopic (exact) mass is 438 g/mol. The summed E-state index contributed by atoms with van der Waals surface area (Å²) in [5, 5.41) is 14.9. The predicted octanol–water partition coefficient (Wildman–Crippen LogP) is 3.38. The van der Waals surface area contributed by atoms with Crippen LogP contribution < -0.4 is 10.6 Å². The van der Waals surface area contributed by atoms with Gasteiger partial charge in [-0.1, -0.05) is 49.4 Å². The molecule has 0 saturated heterocycles. The first-order chi connectivity index (χ1) is 14.8. The van der Waals surface area contributed by atoms with Crippen LogP contribution in [0.4, 0.5) is 5.82 Å². The second kappa shape index (κ2) is 10.2. The molecule has 0 bridgehead atoms. The van der Waals surface area contributed by atoms with Crippen molar-refractivity contribution in [1.29, 1.82) is 0 Å². The van der Waals surface area contributed by atoms with E-state index in [0.717, 1.165) is 5.56 Å². The molecule has 31 heavy (non-hydrogen) atoms. The van der Waals surface area contributed by atoms with Gasteiger partial charge in [0.15, 0.2) is 11.0 Å². The molecule has 3 aromatic rings. The number of aromatic nitrogens is 4. The predicted molar refractivity (Wildman–Crippen MR) is 121 cm³/mol. The third-order valence-electron chi connectivity index (χ3n) is 4.68. The number of hydrogen-bond donors (Lipinski definition) is 2. The summed E-state index contributed by atoms with van der Waals surface area (Å²) in [4.78, 5) is 29.0. The first kappa shape index (κ1) is 22.5. The van der Waals surface area contributed by atoms with Gasteiger partial charge in [0.25, 0.3) is 5.91 Å². The van der Waals surface area contributed by atoms with Gasteiger partial charge in [0.1, 0.15) is 5.82 Å². The molecule has 0 aliphatic carbocycles. The van der Waals surface area contributed by atoms with Gasteiger partial charge in [-0.2, -0.15) is 0 Å². The maximum atomic E-state index is 12.7. The first-order valence-electron chi connectivity index (χ1n) is 9.95. The topological polar surface area (TPSA) is 102 Å². The Morgan fingerprint density at radius 2 is 1.84 bits per heavy atom. The molecule has 1 atom stereocenters. The first-order valence-corrected chi connectivity index (χ1v) is 10.9. The number of nitrogens with zero attached hydrogens (tertiary/aromatic N) is 4. The van der Waals surface area contributed by atoms with Crippen molar-refractivity contribution in [2.75, 3.05) is 11.1 Å². The third kappa shape index (κ3) is 5.91. The maximum absolute atomic E-state index is 12.7. The molecule has 0 aliphatic rings. The van der Waals surface area contributed by atoms with Gasteiger partial charge in [-0.05, 0) is 37.1 Å². The molecule has 2 heterocycles. The van der Waals surface area contributed by atoms with Crippen molar-refractivity contribution in [3.05, 3.63) is 65.6 Å². The summed E-state index contributed by atoms with van der Waals surface area (Å²) in [5.41, 5.74) is 1.69. The highest BCUT2D eigenvalue weighted by molar-refractivity contribution is 7.99. The Hall–Kier alpha value is -3.20. The van der Waals surface area contributed by atoms with Crippen molar-refractivity contribution in [2.24, 2.45) is 13.0 Å². The number of carbonyl (C=O) groups excluding carboxylic acids is 2. The molecule has 2 amide bonds. The smallest absolute Gasteiger partial charge is 0.251 e. The van der Waals surface area contributed by atoms with E-state index in [1.54, 1.807) is 30.5 Å². The molecule has 9 heteroatoms. The van der Waals surface area contributed by atoms with E-state index < -0.39 is 0 Å². The summed E-state index contributed by atoms with van der Waals surface area (Å²) in [6.07, 6.45) is 1.62. The molecule has 0 spiro atoms. The van der Waals surface area contributed by atoms with Gasteiger partial charge < -0.3 is 15.2 Å². The normalized spacial score (nSPS) is 11.9. The van der Waals surface area contributed by atoms with Gasteiger partial charge in [-0.15, -0.1) is 10.2 Å². The summed E-state index contributed by atoms with van der Waals surface area (Å²) in [7, 11) is 1.84. The van der Waals surface area contributed by atoms with Crippen LogP contribution in [0.25, 0.3) is 0 Å². The Balaban J connectivity index is 1.66. The van der Waals surface area contributed by atoms with Crippen molar-refractivity contribution in [3.8, 4) is 0 Å². The van der Waals surface area contributed by atoms with Gasteiger partial charge >= 0.3 is 0 Å². The number of nitrogens with one attached hydrogen (secondary N) is 2. The number of hydrogen-bond acceptors (Lipinski definition) is 6. The van der Waals surface area contributed by atoms with Crippen LogP contribution in [-0.2, 0) is 11.8 Å². The summed E-state index contributed by atoms with van der Waals surface area (Å²) in [6.45, 7) is 6.01. The van der Waals surface area contributed by atoms with Crippen LogP contribution in [-0.4, -0.2) is 37.3 Å².